The van der Waals surface area contributed by atoms with Gasteiger partial charge in [0.1, 0.15) is 12.2 Å². The Morgan fingerprint density at radius 2 is 1.93 bits per heavy atom. The predicted octanol–water partition coefficient (Wildman–Crippen LogP) is 3.65. The Hall–Kier alpha value is -2.47. The van der Waals surface area contributed by atoms with Crippen molar-refractivity contribution < 1.29 is 23.9 Å². The molecule has 1 aromatic carbocycles. The van der Waals surface area contributed by atoms with Gasteiger partial charge >= 0.3 is 5.97 Å². The lowest BCUT2D eigenvalue weighted by Crippen LogP contribution is -2.56. The van der Waals surface area contributed by atoms with Gasteiger partial charge in [-0.25, -0.2) is 9.69 Å². The van der Waals surface area contributed by atoms with Gasteiger partial charge in [0.15, 0.2) is 0 Å². The summed E-state index contributed by atoms with van der Waals surface area (Å²) in [7, 11) is 0. The quantitative estimate of drug-likeness (QED) is 0.504. The number of anilines is 1. The molecule has 1 saturated heterocycles. The van der Waals surface area contributed by atoms with Crippen molar-refractivity contribution in [2.75, 3.05) is 18.1 Å². The van der Waals surface area contributed by atoms with Gasteiger partial charge in [-0.15, -0.1) is 0 Å². The van der Waals surface area contributed by atoms with E-state index in [1.54, 1.807) is 31.2 Å². The number of hydrogen-bond donors (Lipinski definition) is 0. The molecule has 0 radical (unpaired) electrons. The van der Waals surface area contributed by atoms with E-state index in [-0.39, 0.29) is 24.0 Å². The highest BCUT2D eigenvalue weighted by Gasteiger charge is 2.48. The standard InChI is InChI=1S/C22H27NO5/c1-4-6-17-13-28-22(17,11-5-2)14-27-21(26)16-7-9-18(10-8-16)23-19(24)12-15(3)20(23)25/h7-10,12,17H,4-6,11,13-14H2,1-3H3. The van der Waals surface area contributed by atoms with E-state index in [2.05, 4.69) is 13.8 Å². The van der Waals surface area contributed by atoms with Gasteiger partial charge in [0.2, 0.25) is 0 Å². The van der Waals surface area contributed by atoms with Gasteiger partial charge < -0.3 is 9.47 Å². The Kier molecular flexibility index (Phi) is 5.98. The average molecular weight is 385 g/mol. The first kappa shape index (κ1) is 20.3. The molecule has 2 heterocycles. The molecule has 6 heteroatoms. The van der Waals surface area contributed by atoms with Crippen LogP contribution in [0.2, 0.25) is 0 Å². The summed E-state index contributed by atoms with van der Waals surface area (Å²) in [4.78, 5) is 37.6. The van der Waals surface area contributed by atoms with Gasteiger partial charge in [-0.3, -0.25) is 9.59 Å². The van der Waals surface area contributed by atoms with Gasteiger partial charge in [-0.05, 0) is 44.0 Å². The van der Waals surface area contributed by atoms with E-state index >= 15 is 0 Å². The van der Waals surface area contributed by atoms with Crippen LogP contribution in [0.25, 0.3) is 0 Å². The van der Waals surface area contributed by atoms with Crippen molar-refractivity contribution in [3.05, 3.63) is 41.5 Å². The van der Waals surface area contributed by atoms with Crippen LogP contribution in [0.4, 0.5) is 5.69 Å². The van der Waals surface area contributed by atoms with E-state index in [1.807, 2.05) is 0 Å². The number of hydrogen-bond acceptors (Lipinski definition) is 5. The molecule has 3 rings (SSSR count). The summed E-state index contributed by atoms with van der Waals surface area (Å²) >= 11 is 0. The smallest absolute Gasteiger partial charge is 0.338 e. The summed E-state index contributed by atoms with van der Waals surface area (Å²) in [6.45, 7) is 6.83. The van der Waals surface area contributed by atoms with Gasteiger partial charge in [0.25, 0.3) is 11.8 Å². The minimum Gasteiger partial charge on any atom is -0.459 e. The Labute approximate surface area is 165 Å². The maximum absolute atomic E-state index is 12.5. The fraction of sp³-hybridized carbons (Fsp3) is 0.500. The third kappa shape index (κ3) is 3.74. The van der Waals surface area contributed by atoms with Crippen LogP contribution in [-0.4, -0.2) is 36.6 Å². The van der Waals surface area contributed by atoms with Gasteiger partial charge in [-0.1, -0.05) is 26.7 Å². The fourth-order valence-electron chi connectivity index (χ4n) is 3.91. The number of nitrogens with zero attached hydrogens (tertiary/aromatic N) is 1. The monoisotopic (exact) mass is 385 g/mol. The van der Waals surface area contributed by atoms with E-state index in [9.17, 15) is 14.4 Å². The zero-order chi connectivity index (χ0) is 20.3. The molecule has 0 bridgehead atoms. The third-order valence-electron chi connectivity index (χ3n) is 5.54. The average Bonchev–Trinajstić information content (AvgIpc) is 2.94. The molecule has 2 aliphatic heterocycles. The van der Waals surface area contributed by atoms with Crippen LogP contribution < -0.4 is 4.90 Å². The van der Waals surface area contributed by atoms with Gasteiger partial charge in [0, 0.05) is 17.6 Å². The number of esters is 1. The molecule has 150 valence electrons. The highest BCUT2D eigenvalue weighted by molar-refractivity contribution is 6.30. The Morgan fingerprint density at radius 1 is 1.21 bits per heavy atom. The molecule has 2 unspecified atom stereocenters. The lowest BCUT2D eigenvalue weighted by Gasteiger charge is -2.49. The molecule has 28 heavy (non-hydrogen) atoms. The second kappa shape index (κ2) is 8.27. The fourth-order valence-corrected chi connectivity index (χ4v) is 3.91. The minimum absolute atomic E-state index is 0.248. The summed E-state index contributed by atoms with van der Waals surface area (Å²) in [6, 6.07) is 6.31. The van der Waals surface area contributed by atoms with E-state index in [1.165, 1.54) is 6.08 Å². The van der Waals surface area contributed by atoms with Gasteiger partial charge in [0.05, 0.1) is 17.9 Å². The van der Waals surface area contributed by atoms with Crippen molar-refractivity contribution in [1.29, 1.82) is 0 Å². The lowest BCUT2D eigenvalue weighted by molar-refractivity contribution is -0.228. The van der Waals surface area contributed by atoms with Crippen molar-refractivity contribution in [2.45, 2.75) is 52.1 Å². The van der Waals surface area contributed by atoms with Crippen LogP contribution in [0.3, 0.4) is 0 Å². The summed E-state index contributed by atoms with van der Waals surface area (Å²) in [5, 5.41) is 0. The molecule has 1 aromatic rings. The number of ether oxygens (including phenoxy) is 2. The lowest BCUT2D eigenvalue weighted by atomic mass is 9.77. The molecule has 0 spiro atoms. The second-order valence-electron chi connectivity index (χ2n) is 7.54. The van der Waals surface area contributed by atoms with E-state index in [4.69, 9.17) is 9.47 Å². The summed E-state index contributed by atoms with van der Waals surface area (Å²) < 4.78 is 11.4. The highest BCUT2D eigenvalue weighted by atomic mass is 16.6. The third-order valence-corrected chi connectivity index (χ3v) is 5.54. The molecular formula is C22H27NO5. The van der Waals surface area contributed by atoms with Crippen LogP contribution in [-0.2, 0) is 19.1 Å². The molecule has 0 N–H and O–H groups in total. The first-order valence-electron chi connectivity index (χ1n) is 9.89. The van der Waals surface area contributed by atoms with E-state index in [0.29, 0.717) is 22.7 Å². The van der Waals surface area contributed by atoms with Crippen LogP contribution in [0.5, 0.6) is 0 Å². The SMILES string of the molecule is CCCC1COC1(CCC)COC(=O)c1ccc(N2C(=O)C=C(C)C2=O)cc1. The maximum Gasteiger partial charge on any atom is 0.338 e. The molecule has 2 atom stereocenters. The normalized spacial score (nSPS) is 24.2. The number of carbonyl (C=O) groups excluding carboxylic acids is 3. The van der Waals surface area contributed by atoms with E-state index < -0.39 is 5.97 Å². The van der Waals surface area contributed by atoms with Crippen molar-refractivity contribution in [2.24, 2.45) is 5.92 Å². The van der Waals surface area contributed by atoms with Crippen molar-refractivity contribution in [3.8, 4) is 0 Å². The zero-order valence-corrected chi connectivity index (χ0v) is 16.7. The molecule has 0 aromatic heterocycles. The maximum atomic E-state index is 12.5. The Bertz CT molecular complexity index is 798. The molecule has 2 amide bonds. The molecule has 1 fully saturated rings. The van der Waals surface area contributed by atoms with Crippen LogP contribution in [0.15, 0.2) is 35.9 Å². The molecule has 0 saturated carbocycles. The molecule has 6 nitrogen and oxygen atoms in total. The first-order valence-corrected chi connectivity index (χ1v) is 9.89. The van der Waals surface area contributed by atoms with Crippen LogP contribution in [0.1, 0.15) is 56.8 Å². The van der Waals surface area contributed by atoms with Crippen molar-refractivity contribution in [3.63, 3.8) is 0 Å². The molecular weight excluding hydrogens is 358 g/mol. The topological polar surface area (TPSA) is 72.9 Å². The van der Waals surface area contributed by atoms with Crippen molar-refractivity contribution in [1.82, 2.24) is 0 Å². The first-order chi connectivity index (χ1) is 13.4. The van der Waals surface area contributed by atoms with E-state index in [0.717, 1.165) is 37.2 Å². The van der Waals surface area contributed by atoms with Gasteiger partial charge in [-0.2, -0.15) is 0 Å². The Morgan fingerprint density at radius 3 is 2.43 bits per heavy atom. The molecule has 0 aliphatic carbocycles. The minimum atomic E-state index is -0.429. The number of amides is 2. The number of benzene rings is 1. The van der Waals surface area contributed by atoms with Crippen molar-refractivity contribution >= 4 is 23.5 Å². The summed E-state index contributed by atoms with van der Waals surface area (Å²) in [5.41, 5.74) is 0.854. The molecule has 2 aliphatic rings. The Balaban J connectivity index is 1.64. The highest BCUT2D eigenvalue weighted by Crippen LogP contribution is 2.40. The number of imide groups is 1. The zero-order valence-electron chi connectivity index (χ0n) is 16.7. The predicted molar refractivity (Wildman–Crippen MR) is 105 cm³/mol. The largest absolute Gasteiger partial charge is 0.459 e. The van der Waals surface area contributed by atoms with Crippen LogP contribution in [0, 0.1) is 5.92 Å². The second-order valence-corrected chi connectivity index (χ2v) is 7.54. The van der Waals surface area contributed by atoms with Crippen LogP contribution >= 0.6 is 0 Å². The number of carbonyl (C=O) groups is 3. The number of rotatable bonds is 8. The summed E-state index contributed by atoms with van der Waals surface area (Å²) in [5.74, 6) is -0.717. The summed E-state index contributed by atoms with van der Waals surface area (Å²) in [6.07, 6.45) is 5.30.